The van der Waals surface area contributed by atoms with Crippen LogP contribution in [0.3, 0.4) is 0 Å². The van der Waals surface area contributed by atoms with Crippen LogP contribution in [0, 0.1) is 0 Å². The summed E-state index contributed by atoms with van der Waals surface area (Å²) in [4.78, 5) is 11.5. The molecule has 1 rings (SSSR count). The van der Waals surface area contributed by atoms with Crippen LogP contribution in [0.1, 0.15) is 19.8 Å². The van der Waals surface area contributed by atoms with Crippen molar-refractivity contribution in [1.82, 2.24) is 0 Å². The number of hydrogen-bond donors (Lipinski definition) is 1. The number of methoxy groups -OCH3 is 1. The standard InChI is InChI=1S/C10H19NO4/c1-7(6-13-2)14-10(12)9-4-3-8(5-11)15-9/h7-9H,3-6,11H2,1-2H3. The van der Waals surface area contributed by atoms with E-state index in [-0.39, 0.29) is 18.2 Å². The van der Waals surface area contributed by atoms with Gasteiger partial charge in [-0.25, -0.2) is 4.79 Å². The van der Waals surface area contributed by atoms with Crippen molar-refractivity contribution in [1.29, 1.82) is 0 Å². The summed E-state index contributed by atoms with van der Waals surface area (Å²) >= 11 is 0. The van der Waals surface area contributed by atoms with E-state index in [4.69, 9.17) is 19.9 Å². The fraction of sp³-hybridized carbons (Fsp3) is 0.900. The van der Waals surface area contributed by atoms with Crippen LogP contribution in [0.2, 0.25) is 0 Å². The second kappa shape index (κ2) is 6.05. The second-order valence-electron chi connectivity index (χ2n) is 3.76. The van der Waals surface area contributed by atoms with Crippen LogP contribution in [0.5, 0.6) is 0 Å². The van der Waals surface area contributed by atoms with E-state index in [0.717, 1.165) is 6.42 Å². The first kappa shape index (κ1) is 12.4. The smallest absolute Gasteiger partial charge is 0.335 e. The number of hydrogen-bond acceptors (Lipinski definition) is 5. The third kappa shape index (κ3) is 3.77. The SMILES string of the molecule is COCC(C)OC(=O)C1CCC(CN)O1. The molecule has 0 aromatic heterocycles. The Balaban J connectivity index is 2.29. The molecule has 1 aliphatic rings. The lowest BCUT2D eigenvalue weighted by atomic mass is 10.2. The highest BCUT2D eigenvalue weighted by molar-refractivity contribution is 5.75. The van der Waals surface area contributed by atoms with Gasteiger partial charge in [-0.15, -0.1) is 0 Å². The third-order valence-electron chi connectivity index (χ3n) is 2.35. The molecule has 1 aliphatic heterocycles. The predicted molar refractivity (Wildman–Crippen MR) is 54.4 cm³/mol. The maximum atomic E-state index is 11.5. The third-order valence-corrected chi connectivity index (χ3v) is 2.35. The van der Waals surface area contributed by atoms with Crippen LogP contribution < -0.4 is 5.73 Å². The Kier molecular flexibility index (Phi) is 5.01. The lowest BCUT2D eigenvalue weighted by Crippen LogP contribution is -2.30. The fourth-order valence-electron chi connectivity index (χ4n) is 1.60. The van der Waals surface area contributed by atoms with Crippen molar-refractivity contribution in [3.8, 4) is 0 Å². The van der Waals surface area contributed by atoms with Crippen molar-refractivity contribution in [3.63, 3.8) is 0 Å². The molecule has 2 N–H and O–H groups in total. The summed E-state index contributed by atoms with van der Waals surface area (Å²) in [5.74, 6) is -0.310. The first-order valence-electron chi connectivity index (χ1n) is 5.22. The van der Waals surface area contributed by atoms with Gasteiger partial charge in [0.25, 0.3) is 0 Å². The van der Waals surface area contributed by atoms with Crippen LogP contribution in [-0.2, 0) is 19.0 Å². The Morgan fingerprint density at radius 1 is 1.60 bits per heavy atom. The molecule has 1 fully saturated rings. The molecule has 0 amide bonds. The maximum Gasteiger partial charge on any atom is 0.335 e. The summed E-state index contributed by atoms with van der Waals surface area (Å²) in [6.07, 6.45) is 0.844. The van der Waals surface area contributed by atoms with Crippen molar-refractivity contribution >= 4 is 5.97 Å². The highest BCUT2D eigenvalue weighted by atomic mass is 16.6. The lowest BCUT2D eigenvalue weighted by Gasteiger charge is -2.16. The zero-order valence-electron chi connectivity index (χ0n) is 9.27. The molecule has 3 unspecified atom stereocenters. The van der Waals surface area contributed by atoms with Crippen LogP contribution >= 0.6 is 0 Å². The van der Waals surface area contributed by atoms with Crippen molar-refractivity contribution in [2.75, 3.05) is 20.3 Å². The van der Waals surface area contributed by atoms with Gasteiger partial charge in [-0.3, -0.25) is 0 Å². The molecule has 0 aliphatic carbocycles. The second-order valence-corrected chi connectivity index (χ2v) is 3.76. The maximum absolute atomic E-state index is 11.5. The van der Waals surface area contributed by atoms with Crippen LogP contribution in [0.25, 0.3) is 0 Å². The molecule has 0 radical (unpaired) electrons. The molecule has 0 spiro atoms. The van der Waals surface area contributed by atoms with E-state index in [1.165, 1.54) is 0 Å². The minimum absolute atomic E-state index is 0.000260. The Bertz CT molecular complexity index is 210. The van der Waals surface area contributed by atoms with Gasteiger partial charge in [0.05, 0.1) is 12.7 Å². The van der Waals surface area contributed by atoms with E-state index < -0.39 is 6.10 Å². The lowest BCUT2D eigenvalue weighted by molar-refractivity contribution is -0.163. The molecule has 1 saturated heterocycles. The van der Waals surface area contributed by atoms with Crippen molar-refractivity contribution in [2.45, 2.75) is 38.1 Å². The van der Waals surface area contributed by atoms with E-state index >= 15 is 0 Å². The molecular weight excluding hydrogens is 198 g/mol. The molecule has 1 heterocycles. The summed E-state index contributed by atoms with van der Waals surface area (Å²) in [5, 5.41) is 0. The largest absolute Gasteiger partial charge is 0.458 e. The van der Waals surface area contributed by atoms with Gasteiger partial charge < -0.3 is 19.9 Å². The van der Waals surface area contributed by atoms with Gasteiger partial charge in [0.2, 0.25) is 0 Å². The van der Waals surface area contributed by atoms with E-state index in [0.29, 0.717) is 19.6 Å². The minimum Gasteiger partial charge on any atom is -0.458 e. The number of carbonyl (C=O) groups excluding carboxylic acids is 1. The number of esters is 1. The molecule has 3 atom stereocenters. The fourth-order valence-corrected chi connectivity index (χ4v) is 1.60. The van der Waals surface area contributed by atoms with Crippen LogP contribution in [0.4, 0.5) is 0 Å². The first-order valence-corrected chi connectivity index (χ1v) is 5.22. The summed E-state index contributed by atoms with van der Waals surface area (Å²) in [6.45, 7) is 2.65. The predicted octanol–water partition coefficient (Wildman–Crippen LogP) is 0.0708. The van der Waals surface area contributed by atoms with Gasteiger partial charge in [0.1, 0.15) is 6.10 Å². The zero-order valence-corrected chi connectivity index (χ0v) is 9.27. The quantitative estimate of drug-likeness (QED) is 0.660. The molecular formula is C10H19NO4. The normalized spacial score (nSPS) is 27.7. The Labute approximate surface area is 89.9 Å². The summed E-state index contributed by atoms with van der Waals surface area (Å²) in [5.41, 5.74) is 5.45. The molecule has 5 nitrogen and oxygen atoms in total. The monoisotopic (exact) mass is 217 g/mol. The summed E-state index contributed by atoms with van der Waals surface area (Å²) in [6, 6.07) is 0. The van der Waals surface area contributed by atoms with Gasteiger partial charge in [-0.1, -0.05) is 0 Å². The van der Waals surface area contributed by atoms with E-state index in [9.17, 15) is 4.79 Å². The molecule has 0 saturated carbocycles. The number of carbonyl (C=O) groups is 1. The molecule has 0 aromatic carbocycles. The van der Waals surface area contributed by atoms with Crippen molar-refractivity contribution < 1.29 is 19.0 Å². The van der Waals surface area contributed by atoms with Gasteiger partial charge in [0.15, 0.2) is 6.10 Å². The average molecular weight is 217 g/mol. The summed E-state index contributed by atoms with van der Waals surface area (Å²) in [7, 11) is 1.57. The molecule has 15 heavy (non-hydrogen) atoms. The summed E-state index contributed by atoms with van der Waals surface area (Å²) < 4.78 is 15.4. The topological polar surface area (TPSA) is 70.8 Å². The van der Waals surface area contributed by atoms with E-state index in [1.807, 2.05) is 0 Å². The number of rotatable bonds is 5. The number of nitrogens with two attached hydrogens (primary N) is 1. The van der Waals surface area contributed by atoms with Gasteiger partial charge >= 0.3 is 5.97 Å². The molecule has 0 bridgehead atoms. The van der Waals surface area contributed by atoms with Gasteiger partial charge in [-0.2, -0.15) is 0 Å². The van der Waals surface area contributed by atoms with Gasteiger partial charge in [-0.05, 0) is 19.8 Å². The minimum atomic E-state index is -0.446. The molecule has 0 aromatic rings. The Morgan fingerprint density at radius 3 is 2.87 bits per heavy atom. The van der Waals surface area contributed by atoms with Crippen molar-refractivity contribution in [3.05, 3.63) is 0 Å². The Hall–Kier alpha value is -0.650. The van der Waals surface area contributed by atoms with Crippen LogP contribution in [0.15, 0.2) is 0 Å². The van der Waals surface area contributed by atoms with Gasteiger partial charge in [0, 0.05) is 13.7 Å². The van der Waals surface area contributed by atoms with Crippen molar-refractivity contribution in [2.24, 2.45) is 5.73 Å². The molecule has 5 heteroatoms. The van der Waals surface area contributed by atoms with E-state index in [1.54, 1.807) is 14.0 Å². The number of ether oxygens (including phenoxy) is 3. The zero-order chi connectivity index (χ0) is 11.3. The average Bonchev–Trinajstić information content (AvgIpc) is 2.66. The first-order chi connectivity index (χ1) is 7.17. The van der Waals surface area contributed by atoms with E-state index in [2.05, 4.69) is 0 Å². The highest BCUT2D eigenvalue weighted by Gasteiger charge is 2.31. The highest BCUT2D eigenvalue weighted by Crippen LogP contribution is 2.20. The Morgan fingerprint density at radius 2 is 2.33 bits per heavy atom. The van der Waals surface area contributed by atoms with Crippen LogP contribution in [-0.4, -0.2) is 44.5 Å². The molecule has 88 valence electrons.